The number of nitrogens with one attached hydrogen (secondary N) is 1. The molecular weight excluding hydrogens is 352 g/mol. The van der Waals surface area contributed by atoms with Crippen molar-refractivity contribution in [3.63, 3.8) is 0 Å². The highest BCUT2D eigenvalue weighted by atomic mass is 32.2. The van der Waals surface area contributed by atoms with E-state index in [-0.39, 0.29) is 6.04 Å². The first-order valence-electron chi connectivity index (χ1n) is 8.58. The van der Waals surface area contributed by atoms with E-state index in [2.05, 4.69) is 5.32 Å². The molecule has 26 heavy (non-hydrogen) atoms. The minimum absolute atomic E-state index is 0.0420. The fraction of sp³-hybridized carbons (Fsp3) is 0.368. The van der Waals surface area contributed by atoms with Crippen molar-refractivity contribution in [2.24, 2.45) is 0 Å². The molecule has 2 aromatic carbocycles. The van der Waals surface area contributed by atoms with Crippen LogP contribution >= 0.6 is 0 Å². The van der Waals surface area contributed by atoms with Gasteiger partial charge in [0.05, 0.1) is 19.1 Å². The van der Waals surface area contributed by atoms with Gasteiger partial charge in [0.2, 0.25) is 10.0 Å². The molecule has 0 saturated carbocycles. The maximum Gasteiger partial charge on any atom is 0.243 e. The molecule has 1 atom stereocenters. The number of benzene rings is 2. The first-order valence-corrected chi connectivity index (χ1v) is 10.0. The molecule has 0 aliphatic carbocycles. The third kappa shape index (κ3) is 3.94. The van der Waals surface area contributed by atoms with Crippen molar-refractivity contribution in [1.82, 2.24) is 4.31 Å². The highest BCUT2D eigenvalue weighted by Gasteiger charge is 2.30. The number of anilines is 1. The number of hydrogen-bond acceptors (Lipinski definition) is 5. The van der Waals surface area contributed by atoms with E-state index < -0.39 is 10.0 Å². The number of hydrogen-bond donors (Lipinski definition) is 1. The number of sulfonamides is 1. The van der Waals surface area contributed by atoms with Gasteiger partial charge in [0.15, 0.2) is 11.5 Å². The van der Waals surface area contributed by atoms with E-state index in [1.54, 1.807) is 42.8 Å². The van der Waals surface area contributed by atoms with Crippen LogP contribution in [0.15, 0.2) is 53.4 Å². The van der Waals surface area contributed by atoms with Gasteiger partial charge in [-0.3, -0.25) is 0 Å². The Morgan fingerprint density at radius 3 is 2.46 bits per heavy atom. The van der Waals surface area contributed by atoms with Gasteiger partial charge in [-0.2, -0.15) is 4.31 Å². The van der Waals surface area contributed by atoms with Crippen molar-refractivity contribution in [2.75, 3.05) is 32.6 Å². The molecule has 140 valence electrons. The molecule has 0 amide bonds. The summed E-state index contributed by atoms with van der Waals surface area (Å²) in [5.41, 5.74) is 0.881. The summed E-state index contributed by atoms with van der Waals surface area (Å²) in [6.07, 6.45) is 1.73. The zero-order chi connectivity index (χ0) is 18.6. The second kappa shape index (κ2) is 7.97. The lowest BCUT2D eigenvalue weighted by Crippen LogP contribution is -2.45. The summed E-state index contributed by atoms with van der Waals surface area (Å²) in [7, 11) is -0.273. The quantitative estimate of drug-likeness (QED) is 0.839. The molecule has 6 nitrogen and oxygen atoms in total. The molecule has 1 aliphatic heterocycles. The molecule has 0 radical (unpaired) electrons. The molecule has 0 aromatic heterocycles. The molecule has 0 spiro atoms. The van der Waals surface area contributed by atoms with Gasteiger partial charge in [-0.1, -0.05) is 18.2 Å². The summed E-state index contributed by atoms with van der Waals surface area (Å²) in [6, 6.07) is 14.2. The summed E-state index contributed by atoms with van der Waals surface area (Å²) >= 11 is 0. The largest absolute Gasteiger partial charge is 0.493 e. The number of piperidine rings is 1. The van der Waals surface area contributed by atoms with Crippen LogP contribution in [-0.4, -0.2) is 46.1 Å². The Morgan fingerprint density at radius 1 is 1.04 bits per heavy atom. The van der Waals surface area contributed by atoms with Crippen LogP contribution in [0.3, 0.4) is 0 Å². The van der Waals surface area contributed by atoms with E-state index in [9.17, 15) is 8.42 Å². The van der Waals surface area contributed by atoms with Crippen molar-refractivity contribution >= 4 is 15.7 Å². The van der Waals surface area contributed by atoms with Crippen LogP contribution in [0.1, 0.15) is 12.8 Å². The van der Waals surface area contributed by atoms with E-state index in [1.807, 2.05) is 24.3 Å². The van der Waals surface area contributed by atoms with Crippen molar-refractivity contribution in [2.45, 2.75) is 23.8 Å². The lowest BCUT2D eigenvalue weighted by molar-refractivity contribution is 0.327. The Labute approximate surface area is 154 Å². The normalized spacial score (nSPS) is 18.3. The Balaban J connectivity index is 1.73. The van der Waals surface area contributed by atoms with E-state index in [0.717, 1.165) is 18.5 Å². The second-order valence-electron chi connectivity index (χ2n) is 6.23. The van der Waals surface area contributed by atoms with Gasteiger partial charge in [0, 0.05) is 30.9 Å². The molecule has 7 heteroatoms. The van der Waals surface area contributed by atoms with Gasteiger partial charge >= 0.3 is 0 Å². The lowest BCUT2D eigenvalue weighted by atomic mass is 10.1. The number of nitrogens with zero attached hydrogens (tertiary/aromatic N) is 1. The van der Waals surface area contributed by atoms with Crippen LogP contribution in [0, 0.1) is 0 Å². The number of methoxy groups -OCH3 is 2. The van der Waals surface area contributed by atoms with E-state index in [0.29, 0.717) is 29.5 Å². The average molecular weight is 376 g/mol. The van der Waals surface area contributed by atoms with Gasteiger partial charge in [-0.25, -0.2) is 8.42 Å². The molecule has 1 N–H and O–H groups in total. The highest BCUT2D eigenvalue weighted by Crippen LogP contribution is 2.31. The summed E-state index contributed by atoms with van der Waals surface area (Å²) in [5, 5.41) is 3.42. The third-order valence-corrected chi connectivity index (χ3v) is 6.40. The zero-order valence-electron chi connectivity index (χ0n) is 15.0. The molecular formula is C19H24N2O4S. The minimum Gasteiger partial charge on any atom is -0.493 e. The van der Waals surface area contributed by atoms with Gasteiger partial charge in [0.25, 0.3) is 0 Å². The Morgan fingerprint density at radius 2 is 1.77 bits per heavy atom. The fourth-order valence-corrected chi connectivity index (χ4v) is 4.73. The Hall–Kier alpha value is -2.25. The van der Waals surface area contributed by atoms with Gasteiger partial charge in [-0.15, -0.1) is 0 Å². The van der Waals surface area contributed by atoms with Gasteiger partial charge < -0.3 is 14.8 Å². The molecule has 1 fully saturated rings. The molecule has 0 unspecified atom stereocenters. The van der Waals surface area contributed by atoms with Crippen molar-refractivity contribution < 1.29 is 17.9 Å². The third-order valence-electron chi connectivity index (χ3n) is 4.52. The summed E-state index contributed by atoms with van der Waals surface area (Å²) in [4.78, 5) is 0.340. The highest BCUT2D eigenvalue weighted by molar-refractivity contribution is 7.89. The molecule has 1 saturated heterocycles. The van der Waals surface area contributed by atoms with Crippen molar-refractivity contribution in [3.05, 3.63) is 48.5 Å². The topological polar surface area (TPSA) is 67.9 Å². The molecule has 0 bridgehead atoms. The lowest BCUT2D eigenvalue weighted by Gasteiger charge is -2.33. The number of ether oxygens (including phenoxy) is 2. The van der Waals surface area contributed by atoms with Gasteiger partial charge in [0.1, 0.15) is 0 Å². The molecule has 2 aromatic rings. The zero-order valence-corrected chi connectivity index (χ0v) is 15.8. The van der Waals surface area contributed by atoms with Crippen LogP contribution in [0.4, 0.5) is 5.69 Å². The first kappa shape index (κ1) is 18.5. The SMILES string of the molecule is COc1ccc(N[C@@H]2CCCN(S(=O)(=O)c3ccccc3)C2)cc1OC. The van der Waals surface area contributed by atoms with Crippen molar-refractivity contribution in [3.8, 4) is 11.5 Å². The number of rotatable bonds is 6. The van der Waals surface area contributed by atoms with E-state index in [4.69, 9.17) is 9.47 Å². The summed E-state index contributed by atoms with van der Waals surface area (Å²) < 4.78 is 37.8. The summed E-state index contributed by atoms with van der Waals surface area (Å²) in [5.74, 6) is 1.30. The Bertz CT molecular complexity index is 840. The van der Waals surface area contributed by atoms with Crippen LogP contribution in [0.2, 0.25) is 0 Å². The standard InChI is InChI=1S/C19H24N2O4S/c1-24-18-11-10-15(13-19(18)25-2)20-16-7-6-12-21(14-16)26(22,23)17-8-4-3-5-9-17/h3-5,8-11,13,16,20H,6-7,12,14H2,1-2H3/t16-/m1/s1. The Kier molecular flexibility index (Phi) is 5.68. The molecule has 3 rings (SSSR count). The monoisotopic (exact) mass is 376 g/mol. The fourth-order valence-electron chi connectivity index (χ4n) is 3.18. The smallest absolute Gasteiger partial charge is 0.243 e. The van der Waals surface area contributed by atoms with E-state index in [1.165, 1.54) is 0 Å². The van der Waals surface area contributed by atoms with Crippen molar-refractivity contribution in [1.29, 1.82) is 0 Å². The van der Waals surface area contributed by atoms with Crippen LogP contribution in [0.5, 0.6) is 11.5 Å². The summed E-state index contributed by atoms with van der Waals surface area (Å²) in [6.45, 7) is 0.979. The van der Waals surface area contributed by atoms with Crippen LogP contribution < -0.4 is 14.8 Å². The average Bonchev–Trinajstić information content (AvgIpc) is 2.68. The predicted molar refractivity (Wildman–Crippen MR) is 101 cm³/mol. The predicted octanol–water partition coefficient (Wildman–Crippen LogP) is 2.97. The molecule has 1 aliphatic rings. The second-order valence-corrected chi connectivity index (χ2v) is 8.17. The maximum absolute atomic E-state index is 12.8. The maximum atomic E-state index is 12.8. The van der Waals surface area contributed by atoms with Gasteiger partial charge in [-0.05, 0) is 37.1 Å². The molecule has 1 heterocycles. The first-order chi connectivity index (χ1) is 12.5. The van der Waals surface area contributed by atoms with E-state index >= 15 is 0 Å². The minimum atomic E-state index is -3.46. The van der Waals surface area contributed by atoms with Crippen LogP contribution in [-0.2, 0) is 10.0 Å². The van der Waals surface area contributed by atoms with Crippen LogP contribution in [0.25, 0.3) is 0 Å².